The predicted octanol–water partition coefficient (Wildman–Crippen LogP) is 2.78. The van der Waals surface area contributed by atoms with E-state index in [0.717, 1.165) is 16.2 Å². The molecule has 1 aromatic carbocycles. The van der Waals surface area contributed by atoms with Crippen LogP contribution in [0.25, 0.3) is 10.8 Å². The van der Waals surface area contributed by atoms with Gasteiger partial charge in [0.25, 0.3) is 0 Å². The van der Waals surface area contributed by atoms with Crippen molar-refractivity contribution in [2.24, 2.45) is 0 Å². The molecule has 2 aromatic rings. The van der Waals surface area contributed by atoms with Crippen molar-refractivity contribution in [1.82, 2.24) is 4.57 Å². The van der Waals surface area contributed by atoms with Crippen molar-refractivity contribution in [2.75, 3.05) is 0 Å². The zero-order valence-corrected chi connectivity index (χ0v) is 13.5. The topological polar surface area (TPSA) is 60.7 Å². The van der Waals surface area contributed by atoms with E-state index in [1.807, 2.05) is 45.9 Å². The number of rotatable bonds is 1. The standard InChI is InChI=1S/C16H20BNO4/c1-10-13-7-6-12(8-11(13)9-18(10)14(19)20)17-21-15(2,3)16(4,5)22-17/h6-9H,1-5H3,(H,19,20). The summed E-state index contributed by atoms with van der Waals surface area (Å²) in [7, 11) is -0.442. The molecule has 1 aliphatic rings. The molecule has 0 aliphatic carbocycles. The van der Waals surface area contributed by atoms with E-state index in [2.05, 4.69) is 0 Å². The first kappa shape index (κ1) is 15.1. The maximum atomic E-state index is 11.2. The summed E-state index contributed by atoms with van der Waals surface area (Å²) in [6.07, 6.45) is 0.646. The van der Waals surface area contributed by atoms with Gasteiger partial charge in [0, 0.05) is 17.3 Å². The van der Waals surface area contributed by atoms with E-state index in [4.69, 9.17) is 9.31 Å². The smallest absolute Gasteiger partial charge is 0.464 e. The van der Waals surface area contributed by atoms with Crippen molar-refractivity contribution in [3.8, 4) is 0 Å². The van der Waals surface area contributed by atoms with Crippen molar-refractivity contribution in [2.45, 2.75) is 45.8 Å². The van der Waals surface area contributed by atoms with Gasteiger partial charge in [-0.2, -0.15) is 0 Å². The van der Waals surface area contributed by atoms with E-state index in [-0.39, 0.29) is 0 Å². The number of benzene rings is 1. The lowest BCUT2D eigenvalue weighted by atomic mass is 9.78. The van der Waals surface area contributed by atoms with Crippen LogP contribution in [0.15, 0.2) is 24.4 Å². The molecule has 116 valence electrons. The highest BCUT2D eigenvalue weighted by Crippen LogP contribution is 2.36. The fourth-order valence-electron chi connectivity index (χ4n) is 2.71. The number of carboxylic acid groups (broad SMARTS) is 1. The molecule has 0 bridgehead atoms. The third-order valence-corrected chi connectivity index (χ3v) is 4.83. The van der Waals surface area contributed by atoms with Gasteiger partial charge in [0.2, 0.25) is 0 Å². The monoisotopic (exact) mass is 301 g/mol. The van der Waals surface area contributed by atoms with E-state index >= 15 is 0 Å². The SMILES string of the molecule is Cc1c2ccc(B3OC(C)(C)C(C)(C)O3)cc2cn1C(=O)O. The number of carbonyl (C=O) groups is 1. The van der Waals surface area contributed by atoms with Gasteiger partial charge in [-0.1, -0.05) is 18.2 Å². The molecule has 0 spiro atoms. The molecule has 0 atom stereocenters. The summed E-state index contributed by atoms with van der Waals surface area (Å²) in [6, 6.07) is 5.79. The highest BCUT2D eigenvalue weighted by Gasteiger charge is 2.51. The fraction of sp³-hybridized carbons (Fsp3) is 0.438. The molecule has 6 heteroatoms. The molecule has 2 heterocycles. The van der Waals surface area contributed by atoms with Crippen molar-refractivity contribution in [3.05, 3.63) is 30.1 Å². The second kappa shape index (κ2) is 4.60. The molecule has 0 amide bonds. The van der Waals surface area contributed by atoms with Gasteiger partial charge in [-0.25, -0.2) is 4.79 Å². The fourth-order valence-corrected chi connectivity index (χ4v) is 2.71. The van der Waals surface area contributed by atoms with E-state index in [0.29, 0.717) is 5.69 Å². The quantitative estimate of drug-likeness (QED) is 0.823. The molecule has 1 saturated heterocycles. The van der Waals surface area contributed by atoms with Crippen LogP contribution in [0.1, 0.15) is 33.4 Å². The van der Waals surface area contributed by atoms with Crippen LogP contribution in [0.5, 0.6) is 0 Å². The van der Waals surface area contributed by atoms with Gasteiger partial charge < -0.3 is 14.4 Å². The number of hydrogen-bond acceptors (Lipinski definition) is 3. The van der Waals surface area contributed by atoms with E-state index < -0.39 is 24.4 Å². The van der Waals surface area contributed by atoms with Crippen molar-refractivity contribution in [3.63, 3.8) is 0 Å². The molecule has 1 aliphatic heterocycles. The van der Waals surface area contributed by atoms with Gasteiger partial charge in [0.1, 0.15) is 0 Å². The maximum Gasteiger partial charge on any atom is 0.494 e. The number of nitrogens with zero attached hydrogens (tertiary/aromatic N) is 1. The minimum absolute atomic E-state index is 0.393. The van der Waals surface area contributed by atoms with E-state index in [9.17, 15) is 9.90 Å². The lowest BCUT2D eigenvalue weighted by Gasteiger charge is -2.32. The summed E-state index contributed by atoms with van der Waals surface area (Å²) in [5.74, 6) is 0. The predicted molar refractivity (Wildman–Crippen MR) is 85.8 cm³/mol. The third kappa shape index (κ3) is 2.14. The molecule has 0 radical (unpaired) electrons. The molecular formula is C16H20BNO4. The molecule has 0 saturated carbocycles. The van der Waals surface area contributed by atoms with Crippen LogP contribution in [0.2, 0.25) is 0 Å². The summed E-state index contributed by atoms with van der Waals surface area (Å²) in [4.78, 5) is 11.2. The van der Waals surface area contributed by atoms with Crippen LogP contribution in [-0.4, -0.2) is 34.1 Å². The highest BCUT2D eigenvalue weighted by molar-refractivity contribution is 6.62. The van der Waals surface area contributed by atoms with Gasteiger partial charge in [-0.15, -0.1) is 0 Å². The molecule has 22 heavy (non-hydrogen) atoms. The summed E-state index contributed by atoms with van der Waals surface area (Å²) in [6.45, 7) is 9.84. The Kier molecular flexibility index (Phi) is 3.16. The Morgan fingerprint density at radius 2 is 1.77 bits per heavy atom. The lowest BCUT2D eigenvalue weighted by Crippen LogP contribution is -2.41. The molecule has 0 unspecified atom stereocenters. The Hall–Kier alpha value is -1.79. The summed E-state index contributed by atoms with van der Waals surface area (Å²) >= 11 is 0. The van der Waals surface area contributed by atoms with Crippen LogP contribution >= 0.6 is 0 Å². The van der Waals surface area contributed by atoms with Crippen LogP contribution in [0.3, 0.4) is 0 Å². The van der Waals surface area contributed by atoms with Crippen molar-refractivity contribution < 1.29 is 19.2 Å². The maximum absolute atomic E-state index is 11.2. The van der Waals surface area contributed by atoms with Crippen molar-refractivity contribution >= 4 is 29.4 Å². The Morgan fingerprint density at radius 1 is 1.18 bits per heavy atom. The first-order valence-corrected chi connectivity index (χ1v) is 7.33. The minimum Gasteiger partial charge on any atom is -0.464 e. The lowest BCUT2D eigenvalue weighted by molar-refractivity contribution is 0.00578. The zero-order chi connectivity index (χ0) is 16.3. The normalized spacial score (nSPS) is 19.8. The van der Waals surface area contributed by atoms with Gasteiger partial charge in [0.15, 0.2) is 0 Å². The van der Waals surface area contributed by atoms with Crippen LogP contribution < -0.4 is 5.46 Å². The van der Waals surface area contributed by atoms with Gasteiger partial charge in [-0.3, -0.25) is 4.57 Å². The summed E-state index contributed by atoms with van der Waals surface area (Å²) in [5, 5.41) is 11.0. The first-order valence-electron chi connectivity index (χ1n) is 7.33. The highest BCUT2D eigenvalue weighted by atomic mass is 16.7. The Labute approximate surface area is 130 Å². The molecular weight excluding hydrogens is 281 g/mol. The van der Waals surface area contributed by atoms with Gasteiger partial charge in [-0.05, 0) is 45.5 Å². The van der Waals surface area contributed by atoms with Gasteiger partial charge >= 0.3 is 13.2 Å². The average Bonchev–Trinajstić information content (AvgIpc) is 2.84. The second-order valence-corrected chi connectivity index (χ2v) is 6.80. The summed E-state index contributed by atoms with van der Waals surface area (Å²) in [5.41, 5.74) is 0.821. The Morgan fingerprint density at radius 3 is 2.32 bits per heavy atom. The Balaban J connectivity index is 2.02. The molecule has 5 nitrogen and oxygen atoms in total. The largest absolute Gasteiger partial charge is 0.494 e. The number of aryl methyl sites for hydroxylation is 1. The molecule has 1 aromatic heterocycles. The average molecular weight is 301 g/mol. The number of hydrogen-bond donors (Lipinski definition) is 1. The Bertz CT molecular complexity index is 747. The molecule has 1 fully saturated rings. The molecule has 1 N–H and O–H groups in total. The minimum atomic E-state index is -0.981. The van der Waals surface area contributed by atoms with Crippen LogP contribution in [0.4, 0.5) is 4.79 Å². The summed E-state index contributed by atoms with van der Waals surface area (Å²) < 4.78 is 13.3. The van der Waals surface area contributed by atoms with Crippen LogP contribution in [0, 0.1) is 6.92 Å². The van der Waals surface area contributed by atoms with Crippen LogP contribution in [-0.2, 0) is 9.31 Å². The second-order valence-electron chi connectivity index (χ2n) is 6.80. The number of aromatic nitrogens is 1. The first-order chi connectivity index (χ1) is 10.1. The zero-order valence-electron chi connectivity index (χ0n) is 13.5. The number of fused-ring (bicyclic) bond motifs is 1. The molecule has 3 rings (SSSR count). The van der Waals surface area contributed by atoms with E-state index in [1.165, 1.54) is 4.57 Å². The van der Waals surface area contributed by atoms with E-state index in [1.54, 1.807) is 13.1 Å². The van der Waals surface area contributed by atoms with Crippen molar-refractivity contribution in [1.29, 1.82) is 0 Å². The third-order valence-electron chi connectivity index (χ3n) is 4.83. The van der Waals surface area contributed by atoms with Gasteiger partial charge in [0.05, 0.1) is 11.2 Å².